The molecule has 0 heterocycles. The molecular weight excluding hydrogens is 180 g/mol. The van der Waals surface area contributed by atoms with E-state index in [1.54, 1.807) is 0 Å². The van der Waals surface area contributed by atoms with E-state index in [4.69, 9.17) is 0 Å². The third kappa shape index (κ3) is 2.84. The van der Waals surface area contributed by atoms with Gasteiger partial charge in [-0.1, -0.05) is 62.9 Å². The maximum Gasteiger partial charge on any atom is -0.0248 e. The van der Waals surface area contributed by atoms with Gasteiger partial charge < -0.3 is 0 Å². The van der Waals surface area contributed by atoms with Gasteiger partial charge in [-0.05, 0) is 30.2 Å². The monoisotopic (exact) mass is 202 g/mol. The van der Waals surface area contributed by atoms with Crippen molar-refractivity contribution in [3.8, 4) is 0 Å². The highest BCUT2D eigenvalue weighted by molar-refractivity contribution is 5.15. The van der Waals surface area contributed by atoms with Crippen LogP contribution in [0.3, 0.4) is 0 Å². The third-order valence-electron chi connectivity index (χ3n) is 3.93. The minimum atomic E-state index is 0.950. The van der Waals surface area contributed by atoms with Crippen molar-refractivity contribution in [1.82, 2.24) is 0 Å². The Morgan fingerprint density at radius 3 is 2.33 bits per heavy atom. The largest absolute Gasteiger partial charge is 0.0651 e. The van der Waals surface area contributed by atoms with E-state index in [-0.39, 0.29) is 0 Å². The van der Waals surface area contributed by atoms with E-state index in [2.05, 4.69) is 37.3 Å². The van der Waals surface area contributed by atoms with Crippen molar-refractivity contribution in [2.24, 2.45) is 11.8 Å². The molecule has 0 nitrogen and oxygen atoms in total. The van der Waals surface area contributed by atoms with Crippen LogP contribution in [-0.4, -0.2) is 0 Å². The molecule has 0 radical (unpaired) electrons. The molecule has 0 heteroatoms. The van der Waals surface area contributed by atoms with Crippen LogP contribution < -0.4 is 0 Å². The molecule has 0 aromatic heterocycles. The quantitative estimate of drug-likeness (QED) is 0.679. The molecule has 15 heavy (non-hydrogen) atoms. The molecule has 1 aliphatic carbocycles. The molecule has 0 unspecified atom stereocenters. The Labute approximate surface area is 93.7 Å². The van der Waals surface area contributed by atoms with Crippen molar-refractivity contribution >= 4 is 0 Å². The average molecular weight is 202 g/mol. The Bertz CT molecular complexity index is 275. The highest BCUT2D eigenvalue weighted by atomic mass is 14.3. The number of rotatable bonds is 3. The van der Waals surface area contributed by atoms with Gasteiger partial charge in [0.2, 0.25) is 0 Å². The molecule has 1 aromatic carbocycles. The smallest absolute Gasteiger partial charge is 0.0248 e. The number of hydrogen-bond acceptors (Lipinski definition) is 0. The van der Waals surface area contributed by atoms with Gasteiger partial charge >= 0.3 is 0 Å². The van der Waals surface area contributed by atoms with E-state index in [9.17, 15) is 0 Å². The van der Waals surface area contributed by atoms with Crippen molar-refractivity contribution < 1.29 is 0 Å². The zero-order valence-corrected chi connectivity index (χ0v) is 9.78. The summed E-state index contributed by atoms with van der Waals surface area (Å²) in [6, 6.07) is 11.0. The summed E-state index contributed by atoms with van der Waals surface area (Å²) >= 11 is 0. The van der Waals surface area contributed by atoms with E-state index >= 15 is 0 Å². The van der Waals surface area contributed by atoms with Crippen LogP contribution in [0.5, 0.6) is 0 Å². The average Bonchev–Trinajstić information content (AvgIpc) is 2.31. The lowest BCUT2D eigenvalue weighted by Crippen LogP contribution is -2.20. The van der Waals surface area contributed by atoms with Crippen LogP contribution >= 0.6 is 0 Å². The molecule has 0 aliphatic heterocycles. The van der Waals surface area contributed by atoms with Gasteiger partial charge in [-0.2, -0.15) is 0 Å². The SMILES string of the molecule is CC[C@@H]1CCCC[C@@H]1Cc1ccccc1. The Morgan fingerprint density at radius 2 is 1.67 bits per heavy atom. The van der Waals surface area contributed by atoms with Gasteiger partial charge in [0, 0.05) is 0 Å². The highest BCUT2D eigenvalue weighted by Gasteiger charge is 2.23. The summed E-state index contributed by atoms with van der Waals surface area (Å²) in [5.41, 5.74) is 1.53. The topological polar surface area (TPSA) is 0 Å². The Balaban J connectivity index is 1.97. The fourth-order valence-electron chi connectivity index (χ4n) is 3.01. The molecule has 82 valence electrons. The van der Waals surface area contributed by atoms with E-state index in [1.165, 1.54) is 44.1 Å². The standard InChI is InChI=1S/C15H22/c1-2-14-10-6-7-11-15(14)12-13-8-4-3-5-9-13/h3-5,8-9,14-15H,2,6-7,10-12H2,1H3/t14-,15-/m1/s1. The second-order valence-electron chi connectivity index (χ2n) is 4.90. The molecule has 0 N–H and O–H groups in total. The first-order valence-electron chi connectivity index (χ1n) is 6.44. The maximum absolute atomic E-state index is 2.36. The first kappa shape index (κ1) is 10.7. The van der Waals surface area contributed by atoms with E-state index in [0.29, 0.717) is 0 Å². The number of benzene rings is 1. The molecule has 2 atom stereocenters. The molecule has 0 saturated heterocycles. The summed E-state index contributed by atoms with van der Waals surface area (Å²) in [5, 5.41) is 0. The predicted octanol–water partition coefficient (Wildman–Crippen LogP) is 4.45. The molecule has 1 fully saturated rings. The molecule has 1 aromatic rings. The minimum absolute atomic E-state index is 0.950. The fraction of sp³-hybridized carbons (Fsp3) is 0.600. The second-order valence-corrected chi connectivity index (χ2v) is 4.90. The predicted molar refractivity (Wildman–Crippen MR) is 65.9 cm³/mol. The van der Waals surface area contributed by atoms with Crippen LogP contribution in [0, 0.1) is 11.8 Å². The van der Waals surface area contributed by atoms with E-state index < -0.39 is 0 Å². The van der Waals surface area contributed by atoms with E-state index in [1.807, 2.05) is 0 Å². The summed E-state index contributed by atoms with van der Waals surface area (Å²) in [5.74, 6) is 1.94. The van der Waals surface area contributed by atoms with Crippen LogP contribution in [0.4, 0.5) is 0 Å². The zero-order valence-electron chi connectivity index (χ0n) is 9.78. The van der Waals surface area contributed by atoms with Gasteiger partial charge in [-0.3, -0.25) is 0 Å². The summed E-state index contributed by atoms with van der Waals surface area (Å²) in [6.45, 7) is 2.36. The van der Waals surface area contributed by atoms with Crippen LogP contribution in [0.2, 0.25) is 0 Å². The summed E-state index contributed by atoms with van der Waals surface area (Å²) in [6.07, 6.45) is 8.51. The summed E-state index contributed by atoms with van der Waals surface area (Å²) in [4.78, 5) is 0. The highest BCUT2D eigenvalue weighted by Crippen LogP contribution is 2.34. The molecule has 1 aliphatic rings. The first-order valence-corrected chi connectivity index (χ1v) is 6.44. The Morgan fingerprint density at radius 1 is 1.00 bits per heavy atom. The maximum atomic E-state index is 2.36. The van der Waals surface area contributed by atoms with Crippen LogP contribution in [-0.2, 0) is 6.42 Å². The molecule has 0 amide bonds. The van der Waals surface area contributed by atoms with Crippen LogP contribution in [0.25, 0.3) is 0 Å². The van der Waals surface area contributed by atoms with Crippen molar-refractivity contribution in [3.63, 3.8) is 0 Å². The first-order chi connectivity index (χ1) is 7.40. The van der Waals surface area contributed by atoms with Gasteiger partial charge in [0.15, 0.2) is 0 Å². The Hall–Kier alpha value is -0.780. The molecule has 2 rings (SSSR count). The molecule has 1 saturated carbocycles. The van der Waals surface area contributed by atoms with Crippen LogP contribution in [0.15, 0.2) is 30.3 Å². The molecule has 0 bridgehead atoms. The minimum Gasteiger partial charge on any atom is -0.0651 e. The van der Waals surface area contributed by atoms with E-state index in [0.717, 1.165) is 11.8 Å². The fourth-order valence-corrected chi connectivity index (χ4v) is 3.01. The van der Waals surface area contributed by atoms with Crippen molar-refractivity contribution in [2.75, 3.05) is 0 Å². The van der Waals surface area contributed by atoms with Gasteiger partial charge in [0.05, 0.1) is 0 Å². The third-order valence-corrected chi connectivity index (χ3v) is 3.93. The molecule has 0 spiro atoms. The second kappa shape index (κ2) is 5.34. The van der Waals surface area contributed by atoms with Crippen LogP contribution in [0.1, 0.15) is 44.6 Å². The van der Waals surface area contributed by atoms with Gasteiger partial charge in [-0.25, -0.2) is 0 Å². The van der Waals surface area contributed by atoms with Crippen molar-refractivity contribution in [2.45, 2.75) is 45.4 Å². The van der Waals surface area contributed by atoms with Crippen molar-refractivity contribution in [3.05, 3.63) is 35.9 Å². The summed E-state index contributed by atoms with van der Waals surface area (Å²) < 4.78 is 0. The molecular formula is C15H22. The van der Waals surface area contributed by atoms with Gasteiger partial charge in [0.25, 0.3) is 0 Å². The van der Waals surface area contributed by atoms with Gasteiger partial charge in [-0.15, -0.1) is 0 Å². The van der Waals surface area contributed by atoms with Gasteiger partial charge in [0.1, 0.15) is 0 Å². The Kier molecular flexibility index (Phi) is 3.82. The van der Waals surface area contributed by atoms with Crippen molar-refractivity contribution in [1.29, 1.82) is 0 Å². The summed E-state index contributed by atoms with van der Waals surface area (Å²) in [7, 11) is 0. The lowest BCUT2D eigenvalue weighted by atomic mass is 9.75. The number of hydrogen-bond donors (Lipinski definition) is 0. The zero-order chi connectivity index (χ0) is 10.5. The lowest BCUT2D eigenvalue weighted by molar-refractivity contribution is 0.229. The normalized spacial score (nSPS) is 26.5. The lowest BCUT2D eigenvalue weighted by Gasteiger charge is -2.30.